The maximum absolute atomic E-state index is 9.41. The van der Waals surface area contributed by atoms with Gasteiger partial charge in [-0.2, -0.15) is 24.3 Å². The molecule has 2 aromatic rings. The summed E-state index contributed by atoms with van der Waals surface area (Å²) in [5.41, 5.74) is 0.905. The summed E-state index contributed by atoms with van der Waals surface area (Å²) in [6.07, 6.45) is 0. The molecule has 0 fully saturated rings. The van der Waals surface area contributed by atoms with E-state index < -0.39 is 0 Å². The molecule has 0 aliphatic carbocycles. The number of fused-ring (bicyclic) bond motifs is 1. The average Bonchev–Trinajstić information content (AvgIpc) is 2.07. The molecule has 72 valence electrons. The standard InChI is InChI=1S/C11H9O.4Y/c1-8-6-9-4-2-3-5-10(9)7-11(8)12;;;;/h3-7,12H,1H3;;;;/q-1;;;;. The van der Waals surface area contributed by atoms with Gasteiger partial charge in [0.05, 0.1) is 0 Å². The molecule has 2 aromatic carbocycles. The van der Waals surface area contributed by atoms with Gasteiger partial charge >= 0.3 is 0 Å². The fourth-order valence-corrected chi connectivity index (χ4v) is 1.28. The molecule has 0 saturated heterocycles. The zero-order valence-electron chi connectivity index (χ0n) is 9.14. The molecule has 0 heterocycles. The Hall–Kier alpha value is 2.92. The first-order valence-corrected chi connectivity index (χ1v) is 3.87. The zero-order valence-corrected chi connectivity index (χ0v) is 20.5. The third kappa shape index (κ3) is 6.38. The molecule has 16 heavy (non-hydrogen) atoms. The number of phenols is 1. The fourth-order valence-electron chi connectivity index (χ4n) is 1.28. The predicted octanol–water partition coefficient (Wildman–Crippen LogP) is 2.64. The van der Waals surface area contributed by atoms with E-state index in [1.54, 1.807) is 6.07 Å². The molecule has 0 saturated carbocycles. The molecule has 0 atom stereocenters. The van der Waals surface area contributed by atoms with Gasteiger partial charge in [0.15, 0.2) is 0 Å². The molecule has 4 radical (unpaired) electrons. The van der Waals surface area contributed by atoms with Gasteiger partial charge in [-0.3, -0.25) is 0 Å². The van der Waals surface area contributed by atoms with Crippen molar-refractivity contribution < 1.29 is 136 Å². The Bertz CT molecular complexity index is 391. The van der Waals surface area contributed by atoms with E-state index in [1.807, 2.05) is 31.2 Å². The third-order valence-corrected chi connectivity index (χ3v) is 2.00. The van der Waals surface area contributed by atoms with Gasteiger partial charge in [-0.25, -0.2) is 0 Å². The number of hydrogen-bond acceptors (Lipinski definition) is 1. The molecule has 2 rings (SSSR count). The predicted molar refractivity (Wildman–Crippen MR) is 49.2 cm³/mol. The Kier molecular flexibility index (Phi) is 17.6. The summed E-state index contributed by atoms with van der Waals surface area (Å²) in [6.45, 7) is 1.89. The smallest absolute Gasteiger partial charge is 0.115 e. The summed E-state index contributed by atoms with van der Waals surface area (Å²) < 4.78 is 0. The van der Waals surface area contributed by atoms with Gasteiger partial charge in [0.25, 0.3) is 0 Å². The number of benzene rings is 2. The van der Waals surface area contributed by atoms with Crippen LogP contribution in [0.25, 0.3) is 10.8 Å². The number of hydrogen-bond donors (Lipinski definition) is 1. The van der Waals surface area contributed by atoms with E-state index in [9.17, 15) is 5.11 Å². The first-order valence-electron chi connectivity index (χ1n) is 3.87. The van der Waals surface area contributed by atoms with Gasteiger partial charge in [0.2, 0.25) is 0 Å². The van der Waals surface area contributed by atoms with E-state index in [0.29, 0.717) is 5.75 Å². The minimum atomic E-state index is 0. The molecule has 0 bridgehead atoms. The second-order valence-electron chi connectivity index (χ2n) is 2.91. The van der Waals surface area contributed by atoms with Gasteiger partial charge < -0.3 is 5.11 Å². The summed E-state index contributed by atoms with van der Waals surface area (Å²) in [5, 5.41) is 11.6. The van der Waals surface area contributed by atoms with Gasteiger partial charge in [-0.05, 0) is 18.6 Å². The Morgan fingerprint density at radius 3 is 2.25 bits per heavy atom. The van der Waals surface area contributed by atoms with Crippen molar-refractivity contribution >= 4 is 10.8 Å². The Morgan fingerprint density at radius 2 is 1.62 bits per heavy atom. The van der Waals surface area contributed by atoms with E-state index in [-0.39, 0.29) is 131 Å². The molecule has 0 aliphatic rings. The number of rotatable bonds is 0. The van der Waals surface area contributed by atoms with Gasteiger partial charge in [0.1, 0.15) is 5.75 Å². The van der Waals surface area contributed by atoms with Crippen molar-refractivity contribution in [1.82, 2.24) is 0 Å². The van der Waals surface area contributed by atoms with Crippen LogP contribution in [0.4, 0.5) is 0 Å². The van der Waals surface area contributed by atoms with E-state index in [0.717, 1.165) is 16.3 Å². The fraction of sp³-hybridized carbons (Fsp3) is 0.0909. The maximum atomic E-state index is 9.41. The Morgan fingerprint density at radius 1 is 1.00 bits per heavy atom. The molecular formula is C11H9OY4-. The van der Waals surface area contributed by atoms with E-state index in [1.165, 1.54) is 0 Å². The quantitative estimate of drug-likeness (QED) is 0.538. The molecule has 0 amide bonds. The van der Waals surface area contributed by atoms with Gasteiger partial charge in [0, 0.05) is 131 Å². The van der Waals surface area contributed by atoms with Crippen LogP contribution in [-0.4, -0.2) is 5.11 Å². The summed E-state index contributed by atoms with van der Waals surface area (Å²) in [6, 6.07) is 12.4. The molecule has 5 heteroatoms. The normalized spacial score (nSPS) is 7.81. The summed E-state index contributed by atoms with van der Waals surface area (Å²) in [5.74, 6) is 0.355. The van der Waals surface area contributed by atoms with Crippen LogP contribution in [0.15, 0.2) is 30.3 Å². The zero-order chi connectivity index (χ0) is 8.55. The van der Waals surface area contributed by atoms with Gasteiger partial charge in [-0.1, -0.05) is 0 Å². The molecule has 1 nitrogen and oxygen atoms in total. The van der Waals surface area contributed by atoms with Crippen LogP contribution in [0.1, 0.15) is 5.56 Å². The van der Waals surface area contributed by atoms with Crippen LogP contribution in [-0.2, 0) is 131 Å². The Labute approximate surface area is 197 Å². The van der Waals surface area contributed by atoms with Crippen molar-refractivity contribution in [3.8, 4) is 5.75 Å². The first-order chi connectivity index (χ1) is 5.77. The van der Waals surface area contributed by atoms with Crippen molar-refractivity contribution in [2.45, 2.75) is 6.92 Å². The second-order valence-corrected chi connectivity index (χ2v) is 2.91. The van der Waals surface area contributed by atoms with Gasteiger partial charge in [-0.15, -0.1) is 16.8 Å². The van der Waals surface area contributed by atoms with Crippen molar-refractivity contribution in [2.24, 2.45) is 0 Å². The molecular weight excluding hydrogens is 504 g/mol. The molecule has 1 N–H and O–H groups in total. The number of aromatic hydroxyl groups is 1. The minimum absolute atomic E-state index is 0. The number of phenolic OH excluding ortho intramolecular Hbond substituents is 1. The Balaban J connectivity index is -0.000000422. The molecule has 0 spiro atoms. The molecule has 0 aromatic heterocycles. The van der Waals surface area contributed by atoms with E-state index >= 15 is 0 Å². The topological polar surface area (TPSA) is 20.2 Å². The maximum Gasteiger partial charge on any atom is 0.115 e. The third-order valence-electron chi connectivity index (χ3n) is 2.00. The van der Waals surface area contributed by atoms with Crippen LogP contribution in [0.2, 0.25) is 0 Å². The van der Waals surface area contributed by atoms with Crippen LogP contribution in [0, 0.1) is 13.0 Å². The number of aryl methyl sites for hydroxylation is 1. The second kappa shape index (κ2) is 11.7. The van der Waals surface area contributed by atoms with Crippen molar-refractivity contribution in [1.29, 1.82) is 0 Å². The molecule has 0 unspecified atom stereocenters. The van der Waals surface area contributed by atoms with Crippen molar-refractivity contribution in [3.63, 3.8) is 0 Å². The first kappa shape index (κ1) is 24.0. The summed E-state index contributed by atoms with van der Waals surface area (Å²) in [4.78, 5) is 0. The SMILES string of the molecule is Cc1cc2c[c-]ccc2cc1O.[Y].[Y].[Y].[Y]. The van der Waals surface area contributed by atoms with E-state index in [2.05, 4.69) is 6.07 Å². The monoisotopic (exact) mass is 513 g/mol. The van der Waals surface area contributed by atoms with Crippen LogP contribution in [0.5, 0.6) is 5.75 Å². The van der Waals surface area contributed by atoms with E-state index in [4.69, 9.17) is 0 Å². The summed E-state index contributed by atoms with van der Waals surface area (Å²) >= 11 is 0. The largest absolute Gasteiger partial charge is 0.508 e. The van der Waals surface area contributed by atoms with Crippen LogP contribution in [0.3, 0.4) is 0 Å². The van der Waals surface area contributed by atoms with Crippen molar-refractivity contribution in [3.05, 3.63) is 42.0 Å². The summed E-state index contributed by atoms with van der Waals surface area (Å²) in [7, 11) is 0. The van der Waals surface area contributed by atoms with Crippen molar-refractivity contribution in [2.75, 3.05) is 0 Å². The van der Waals surface area contributed by atoms with Crippen LogP contribution < -0.4 is 0 Å². The average molecular weight is 513 g/mol. The van der Waals surface area contributed by atoms with Crippen LogP contribution >= 0.6 is 0 Å². The molecule has 0 aliphatic heterocycles. The minimum Gasteiger partial charge on any atom is -0.508 e.